The van der Waals surface area contributed by atoms with Crippen molar-refractivity contribution < 1.29 is 24.2 Å². The molecule has 0 saturated carbocycles. The average molecular weight is 482 g/mol. The van der Waals surface area contributed by atoms with Crippen molar-refractivity contribution in [3.63, 3.8) is 0 Å². The second kappa shape index (κ2) is 12.4. The molecule has 0 saturated heterocycles. The molecule has 1 aliphatic rings. The molecule has 3 rings (SSSR count). The minimum atomic E-state index is -1.11. The number of carboxylic acid groups (broad SMARTS) is 1. The number of benzene rings is 2. The van der Waals surface area contributed by atoms with Crippen molar-refractivity contribution in [2.45, 2.75) is 57.5 Å². The van der Waals surface area contributed by atoms with E-state index in [1.165, 1.54) is 0 Å². The fraction of sp³-hybridized carbons (Fsp3) is 0.444. The molecule has 0 radical (unpaired) electrons. The molecule has 188 valence electrons. The molecule has 35 heavy (non-hydrogen) atoms. The lowest BCUT2D eigenvalue weighted by molar-refractivity contribution is -0.142. The molecule has 0 aromatic heterocycles. The highest BCUT2D eigenvalue weighted by atomic mass is 16.5. The Morgan fingerprint density at radius 1 is 0.943 bits per heavy atom. The molecule has 8 nitrogen and oxygen atoms in total. The third kappa shape index (κ3) is 6.82. The molecule has 0 spiro atoms. The molecule has 0 bridgehead atoms. The number of ether oxygens (including phenoxy) is 1. The van der Waals surface area contributed by atoms with Crippen molar-refractivity contribution in [1.29, 1.82) is 0 Å². The van der Waals surface area contributed by atoms with E-state index in [0.717, 1.165) is 22.3 Å². The van der Waals surface area contributed by atoms with Crippen LogP contribution in [0.1, 0.15) is 56.6 Å². The van der Waals surface area contributed by atoms with Crippen molar-refractivity contribution >= 4 is 18.0 Å². The molecular formula is C27H35N3O5. The number of carbonyl (C=O) groups excluding carboxylic acids is 2. The summed E-state index contributed by atoms with van der Waals surface area (Å²) >= 11 is 0. The van der Waals surface area contributed by atoms with E-state index in [2.05, 4.69) is 22.8 Å². The summed E-state index contributed by atoms with van der Waals surface area (Å²) in [6, 6.07) is 14.2. The zero-order valence-electron chi connectivity index (χ0n) is 20.3. The maximum atomic E-state index is 12.9. The Morgan fingerprint density at radius 3 is 2.09 bits per heavy atom. The number of nitrogens with one attached hydrogen (secondary N) is 2. The zero-order valence-corrected chi connectivity index (χ0v) is 20.3. The SMILES string of the molecule is CC(C)C[C@@H](NC(=O)OCC1c2ccccc2-c2ccccc21)C(=O)N[C@@H](CCCCN)C(=O)O. The maximum Gasteiger partial charge on any atom is 0.407 e. The Bertz CT molecular complexity index is 993. The van der Waals surface area contributed by atoms with Gasteiger partial charge in [-0.15, -0.1) is 0 Å². The molecule has 0 heterocycles. The molecule has 0 fully saturated rings. The van der Waals surface area contributed by atoms with Crippen LogP contribution in [0.3, 0.4) is 0 Å². The number of hydrogen-bond donors (Lipinski definition) is 4. The Morgan fingerprint density at radius 2 is 1.54 bits per heavy atom. The van der Waals surface area contributed by atoms with Gasteiger partial charge in [-0.25, -0.2) is 9.59 Å². The largest absolute Gasteiger partial charge is 0.480 e. The number of fused-ring (bicyclic) bond motifs is 3. The summed E-state index contributed by atoms with van der Waals surface area (Å²) in [4.78, 5) is 37.2. The van der Waals surface area contributed by atoms with Crippen LogP contribution in [-0.2, 0) is 14.3 Å². The second-order valence-electron chi connectivity index (χ2n) is 9.34. The second-order valence-corrected chi connectivity index (χ2v) is 9.34. The highest BCUT2D eigenvalue weighted by Crippen LogP contribution is 2.44. The van der Waals surface area contributed by atoms with Crippen molar-refractivity contribution in [3.8, 4) is 11.1 Å². The first-order valence-electron chi connectivity index (χ1n) is 12.2. The molecular weight excluding hydrogens is 446 g/mol. The van der Waals surface area contributed by atoms with Gasteiger partial charge in [0.15, 0.2) is 0 Å². The van der Waals surface area contributed by atoms with Crippen LogP contribution in [0.25, 0.3) is 11.1 Å². The third-order valence-electron chi connectivity index (χ3n) is 6.22. The summed E-state index contributed by atoms with van der Waals surface area (Å²) in [6.07, 6.45) is 1.18. The van der Waals surface area contributed by atoms with Crippen molar-refractivity contribution in [2.75, 3.05) is 13.2 Å². The van der Waals surface area contributed by atoms with Gasteiger partial charge in [-0.3, -0.25) is 4.79 Å². The Hall–Kier alpha value is -3.39. The summed E-state index contributed by atoms with van der Waals surface area (Å²) in [5.41, 5.74) is 9.93. The van der Waals surface area contributed by atoms with Crippen molar-refractivity contribution in [1.82, 2.24) is 10.6 Å². The number of hydrogen-bond acceptors (Lipinski definition) is 5. The average Bonchev–Trinajstić information content (AvgIpc) is 3.15. The maximum absolute atomic E-state index is 12.9. The highest BCUT2D eigenvalue weighted by molar-refractivity contribution is 5.89. The number of carboxylic acids is 1. The minimum absolute atomic E-state index is 0.0931. The van der Waals surface area contributed by atoms with Gasteiger partial charge in [0, 0.05) is 5.92 Å². The van der Waals surface area contributed by atoms with E-state index in [1.54, 1.807) is 0 Å². The van der Waals surface area contributed by atoms with Crippen LogP contribution >= 0.6 is 0 Å². The number of alkyl carbamates (subject to hydrolysis) is 1. The van der Waals surface area contributed by atoms with Gasteiger partial charge in [0.05, 0.1) is 0 Å². The predicted octanol–water partition coefficient (Wildman–Crippen LogP) is 3.64. The molecule has 1 aliphatic carbocycles. The first-order valence-corrected chi connectivity index (χ1v) is 12.2. The highest BCUT2D eigenvalue weighted by Gasteiger charge is 2.31. The summed E-state index contributed by atoms with van der Waals surface area (Å²) in [5.74, 6) is -1.64. The van der Waals surface area contributed by atoms with Crippen LogP contribution in [0.2, 0.25) is 0 Å². The smallest absolute Gasteiger partial charge is 0.407 e. The number of rotatable bonds is 12. The van der Waals surface area contributed by atoms with Crippen LogP contribution in [0, 0.1) is 5.92 Å². The van der Waals surface area contributed by atoms with Gasteiger partial charge in [-0.2, -0.15) is 0 Å². The van der Waals surface area contributed by atoms with E-state index < -0.39 is 30.1 Å². The van der Waals surface area contributed by atoms with E-state index in [-0.39, 0.29) is 24.9 Å². The standard InChI is InChI=1S/C27H35N3O5/c1-17(2)15-24(25(31)29-23(26(32)33)13-7-8-14-28)30-27(34)35-16-22-20-11-5-3-9-18(20)19-10-4-6-12-21(19)22/h3-6,9-12,17,22-24H,7-8,13-16,28H2,1-2H3,(H,29,31)(H,30,34)(H,32,33)/t23-,24+/m0/s1. The first-order chi connectivity index (χ1) is 16.8. The molecule has 0 aliphatic heterocycles. The number of aliphatic carboxylic acids is 1. The lowest BCUT2D eigenvalue weighted by Gasteiger charge is -2.23. The Balaban J connectivity index is 1.64. The fourth-order valence-corrected chi connectivity index (χ4v) is 4.51. The van der Waals surface area contributed by atoms with E-state index in [0.29, 0.717) is 25.8 Å². The predicted molar refractivity (Wildman–Crippen MR) is 134 cm³/mol. The summed E-state index contributed by atoms with van der Waals surface area (Å²) < 4.78 is 5.57. The van der Waals surface area contributed by atoms with Gasteiger partial charge in [0.25, 0.3) is 0 Å². The molecule has 2 aromatic carbocycles. The summed E-state index contributed by atoms with van der Waals surface area (Å²) in [5, 5.41) is 14.7. The summed E-state index contributed by atoms with van der Waals surface area (Å²) in [7, 11) is 0. The van der Waals surface area contributed by atoms with Gasteiger partial charge in [0.1, 0.15) is 18.7 Å². The van der Waals surface area contributed by atoms with Gasteiger partial charge in [0.2, 0.25) is 5.91 Å². The fourth-order valence-electron chi connectivity index (χ4n) is 4.51. The quantitative estimate of drug-likeness (QED) is 0.342. The van der Waals surface area contributed by atoms with E-state index in [4.69, 9.17) is 10.5 Å². The van der Waals surface area contributed by atoms with Crippen molar-refractivity contribution in [3.05, 3.63) is 59.7 Å². The molecule has 2 aromatic rings. The molecule has 0 unspecified atom stereocenters. The molecule has 8 heteroatoms. The number of unbranched alkanes of at least 4 members (excludes halogenated alkanes) is 1. The lowest BCUT2D eigenvalue weighted by Crippen LogP contribution is -2.52. The normalized spacial score (nSPS) is 14.1. The molecule has 2 atom stereocenters. The van der Waals surface area contributed by atoms with E-state index in [1.807, 2.05) is 50.2 Å². The van der Waals surface area contributed by atoms with Crippen LogP contribution in [-0.4, -0.2) is 48.3 Å². The van der Waals surface area contributed by atoms with Gasteiger partial charge < -0.3 is 26.2 Å². The molecule has 2 amide bonds. The van der Waals surface area contributed by atoms with Gasteiger partial charge in [-0.05, 0) is 60.4 Å². The van der Waals surface area contributed by atoms with Crippen LogP contribution in [0.4, 0.5) is 4.79 Å². The monoisotopic (exact) mass is 481 g/mol. The number of amides is 2. The first kappa shape index (κ1) is 26.2. The topological polar surface area (TPSA) is 131 Å². The Labute approximate surface area is 206 Å². The zero-order chi connectivity index (χ0) is 25.4. The van der Waals surface area contributed by atoms with Gasteiger partial charge >= 0.3 is 12.1 Å². The molecule has 5 N–H and O–H groups in total. The van der Waals surface area contributed by atoms with Crippen LogP contribution in [0.5, 0.6) is 0 Å². The lowest BCUT2D eigenvalue weighted by atomic mass is 9.98. The summed E-state index contributed by atoms with van der Waals surface area (Å²) in [6.45, 7) is 4.44. The van der Waals surface area contributed by atoms with Crippen LogP contribution in [0.15, 0.2) is 48.5 Å². The van der Waals surface area contributed by atoms with Crippen LogP contribution < -0.4 is 16.4 Å². The van der Waals surface area contributed by atoms with E-state index >= 15 is 0 Å². The van der Waals surface area contributed by atoms with Crippen molar-refractivity contribution in [2.24, 2.45) is 11.7 Å². The van der Waals surface area contributed by atoms with E-state index in [9.17, 15) is 19.5 Å². The minimum Gasteiger partial charge on any atom is -0.480 e. The van der Waals surface area contributed by atoms with Gasteiger partial charge in [-0.1, -0.05) is 62.4 Å². The third-order valence-corrected chi connectivity index (χ3v) is 6.22. The number of nitrogens with two attached hydrogens (primary N) is 1. The Kier molecular flexibility index (Phi) is 9.25. The number of carbonyl (C=O) groups is 3.